The SMILES string of the molecule is CCCCCCCCCC[C@H]1COc2c([N+](=O)[O-])cc(C(C)(C)C)cc2P(=O)(OCC)c2cc(C(C)(C)C)cc([N+](=O)[O-])c2OC[C@H](CCCCCCCCCC)OCCOCCO1. The molecule has 0 unspecified atom stereocenters. The van der Waals surface area contributed by atoms with Crippen molar-refractivity contribution in [2.75, 3.05) is 46.2 Å². The summed E-state index contributed by atoms with van der Waals surface area (Å²) in [5, 5.41) is 26.1. The first-order valence-corrected chi connectivity index (χ1v) is 26.1. The van der Waals surface area contributed by atoms with Gasteiger partial charge in [0.2, 0.25) is 11.5 Å². The van der Waals surface area contributed by atoms with Gasteiger partial charge in [0, 0.05) is 12.1 Å². The van der Waals surface area contributed by atoms with Crippen LogP contribution in [0, 0.1) is 20.2 Å². The fourth-order valence-corrected chi connectivity index (χ4v) is 10.4. The lowest BCUT2D eigenvalue weighted by molar-refractivity contribution is -0.386. The third-order valence-corrected chi connectivity index (χ3v) is 14.5. The average molecular weight is 919 g/mol. The molecule has 13 nitrogen and oxygen atoms in total. The van der Waals surface area contributed by atoms with E-state index in [1.165, 1.54) is 76.3 Å². The van der Waals surface area contributed by atoms with Crippen molar-refractivity contribution in [3.05, 3.63) is 55.6 Å². The number of nitrogens with zero attached hydrogens (tertiary/aromatic N) is 2. The summed E-state index contributed by atoms with van der Waals surface area (Å²) < 4.78 is 54.4. The van der Waals surface area contributed by atoms with Crippen LogP contribution in [0.4, 0.5) is 11.4 Å². The summed E-state index contributed by atoms with van der Waals surface area (Å²) in [7, 11) is -4.52. The van der Waals surface area contributed by atoms with E-state index in [9.17, 15) is 20.2 Å². The summed E-state index contributed by atoms with van der Waals surface area (Å²) in [6.45, 7) is 18.5. The molecule has 0 bridgehead atoms. The van der Waals surface area contributed by atoms with Gasteiger partial charge in [-0.15, -0.1) is 0 Å². The van der Waals surface area contributed by atoms with Crippen LogP contribution in [0.1, 0.15) is 189 Å². The molecule has 0 N–H and O–H groups in total. The summed E-state index contributed by atoms with van der Waals surface area (Å²) in [4.78, 5) is 25.1. The van der Waals surface area contributed by atoms with Crippen LogP contribution < -0.4 is 20.1 Å². The van der Waals surface area contributed by atoms with Gasteiger partial charge in [-0.3, -0.25) is 24.8 Å². The van der Waals surface area contributed by atoms with Crippen LogP contribution in [0.5, 0.6) is 11.5 Å². The van der Waals surface area contributed by atoms with Gasteiger partial charge in [-0.2, -0.15) is 0 Å². The van der Waals surface area contributed by atoms with Crippen molar-refractivity contribution in [2.45, 2.75) is 201 Å². The number of unbranched alkanes of at least 4 members (excludes halogenated alkanes) is 14. The molecule has 0 spiro atoms. The van der Waals surface area contributed by atoms with Gasteiger partial charge in [-0.05, 0) is 53.9 Å². The molecule has 14 heteroatoms. The number of hydrogen-bond donors (Lipinski definition) is 0. The van der Waals surface area contributed by atoms with E-state index in [2.05, 4.69) is 13.8 Å². The van der Waals surface area contributed by atoms with Crippen LogP contribution in [0.2, 0.25) is 0 Å². The molecule has 2 aromatic rings. The number of nitro benzene ring substituents is 2. The maximum absolute atomic E-state index is 16.3. The lowest BCUT2D eigenvalue weighted by Gasteiger charge is -2.29. The Bertz CT molecular complexity index is 1640. The van der Waals surface area contributed by atoms with E-state index < -0.39 is 40.3 Å². The zero-order valence-corrected chi connectivity index (χ0v) is 41.9. The Morgan fingerprint density at radius 1 is 0.578 bits per heavy atom. The van der Waals surface area contributed by atoms with Crippen LogP contribution in [0.15, 0.2) is 24.3 Å². The van der Waals surface area contributed by atoms with E-state index in [1.807, 2.05) is 41.5 Å². The molecule has 3 rings (SSSR count). The molecular weight excluding hydrogens is 836 g/mol. The Morgan fingerprint density at radius 3 is 1.27 bits per heavy atom. The van der Waals surface area contributed by atoms with Crippen LogP contribution in [0.25, 0.3) is 0 Å². The van der Waals surface area contributed by atoms with Crippen molar-refractivity contribution in [3.8, 4) is 11.5 Å². The highest BCUT2D eigenvalue weighted by Crippen LogP contribution is 2.54. The Labute approximate surface area is 385 Å². The molecule has 0 saturated carbocycles. The fraction of sp³-hybridized carbons (Fsp3) is 0.760. The molecule has 364 valence electrons. The van der Waals surface area contributed by atoms with E-state index in [0.717, 1.165) is 38.5 Å². The molecule has 0 amide bonds. The zero-order chi connectivity index (χ0) is 47.2. The van der Waals surface area contributed by atoms with Crippen LogP contribution in [-0.2, 0) is 34.1 Å². The highest BCUT2D eigenvalue weighted by molar-refractivity contribution is 7.74. The summed E-state index contributed by atoms with van der Waals surface area (Å²) >= 11 is 0. The Balaban J connectivity index is 2.24. The van der Waals surface area contributed by atoms with E-state index >= 15 is 4.57 Å². The van der Waals surface area contributed by atoms with E-state index in [0.29, 0.717) is 37.2 Å². The van der Waals surface area contributed by atoms with Gasteiger partial charge in [0.25, 0.3) is 7.37 Å². The van der Waals surface area contributed by atoms with Gasteiger partial charge in [0.15, 0.2) is 0 Å². The third-order valence-electron chi connectivity index (χ3n) is 11.9. The lowest BCUT2D eigenvalue weighted by atomic mass is 9.86. The van der Waals surface area contributed by atoms with Gasteiger partial charge in [0.1, 0.15) is 13.2 Å². The smallest absolute Gasteiger partial charge is 0.312 e. The topological polar surface area (TPSA) is 159 Å². The molecule has 1 aliphatic rings. The average Bonchev–Trinajstić information content (AvgIpc) is 3.23. The first kappa shape index (κ1) is 55.2. The highest BCUT2D eigenvalue weighted by Gasteiger charge is 2.43. The van der Waals surface area contributed by atoms with Crippen LogP contribution in [0.3, 0.4) is 0 Å². The van der Waals surface area contributed by atoms with Crippen molar-refractivity contribution in [3.63, 3.8) is 0 Å². The molecule has 0 saturated heterocycles. The molecule has 1 aliphatic heterocycles. The molecule has 0 aromatic heterocycles. The molecule has 1 heterocycles. The van der Waals surface area contributed by atoms with E-state index in [4.69, 9.17) is 28.2 Å². The molecule has 0 fully saturated rings. The van der Waals surface area contributed by atoms with Crippen LogP contribution in [-0.4, -0.2) is 68.3 Å². The van der Waals surface area contributed by atoms with Crippen molar-refractivity contribution in [2.24, 2.45) is 0 Å². The molecule has 0 aliphatic carbocycles. The number of ether oxygens (including phenoxy) is 5. The number of benzene rings is 2. The summed E-state index contributed by atoms with van der Waals surface area (Å²) in [6, 6.07) is 6.21. The monoisotopic (exact) mass is 919 g/mol. The Hall–Kier alpha value is -3.09. The van der Waals surface area contributed by atoms with Crippen LogP contribution >= 0.6 is 7.37 Å². The minimum atomic E-state index is -4.52. The van der Waals surface area contributed by atoms with Gasteiger partial charge in [-0.25, -0.2) is 0 Å². The second-order valence-corrected chi connectivity index (χ2v) is 21.7. The first-order chi connectivity index (χ1) is 30.5. The minimum absolute atomic E-state index is 0.0549. The lowest BCUT2D eigenvalue weighted by Crippen LogP contribution is -2.31. The van der Waals surface area contributed by atoms with Crippen molar-refractivity contribution >= 4 is 29.4 Å². The van der Waals surface area contributed by atoms with Crippen molar-refractivity contribution < 1.29 is 42.6 Å². The third kappa shape index (κ3) is 17.9. The summed E-state index contributed by atoms with van der Waals surface area (Å²) in [5.41, 5.74) is -0.985. The maximum Gasteiger partial charge on any atom is 0.312 e. The van der Waals surface area contributed by atoms with Gasteiger partial charge >= 0.3 is 11.4 Å². The predicted molar refractivity (Wildman–Crippen MR) is 258 cm³/mol. The Morgan fingerprint density at radius 2 is 0.938 bits per heavy atom. The number of rotatable bonds is 22. The van der Waals surface area contributed by atoms with Gasteiger partial charge < -0.3 is 28.2 Å². The second kappa shape index (κ2) is 28.2. The van der Waals surface area contributed by atoms with Gasteiger partial charge in [0.05, 0.1) is 65.7 Å². The standard InChI is InChI=1S/C50H83N2O11P/c1-10-13-15-17-19-21-23-25-27-41-37-61-47-43(51(53)54)33-39(49(4,5)6)35-45(47)64(57,63-12-3)46-36-40(50(7,8)9)34-44(52(55)56)48(46)62-38-42(60-32-30-58-29-31-59-41)28-26-24-22-20-18-16-14-11-2/h33-36,41-42H,10-32,37-38H2,1-9H3/t41-,42-/m0/s1. The maximum atomic E-state index is 16.3. The number of fused-ring (bicyclic) bond motifs is 2. The highest BCUT2D eigenvalue weighted by atomic mass is 31.2. The minimum Gasteiger partial charge on any atom is -0.483 e. The predicted octanol–water partition coefficient (Wildman–Crippen LogP) is 13.0. The fourth-order valence-electron chi connectivity index (χ4n) is 7.96. The molecule has 2 aromatic carbocycles. The van der Waals surface area contributed by atoms with Crippen molar-refractivity contribution in [1.82, 2.24) is 0 Å². The van der Waals surface area contributed by atoms with E-state index in [-0.39, 0.29) is 66.5 Å². The molecule has 0 radical (unpaired) electrons. The second-order valence-electron chi connectivity index (χ2n) is 19.4. The summed E-state index contributed by atoms with van der Waals surface area (Å²) in [5.74, 6) is -0.440. The molecule has 64 heavy (non-hydrogen) atoms. The largest absolute Gasteiger partial charge is 0.483 e. The van der Waals surface area contributed by atoms with Crippen molar-refractivity contribution in [1.29, 1.82) is 0 Å². The summed E-state index contributed by atoms with van der Waals surface area (Å²) in [6.07, 6.45) is 18.5. The van der Waals surface area contributed by atoms with E-state index in [1.54, 1.807) is 19.1 Å². The zero-order valence-electron chi connectivity index (χ0n) is 41.0. The number of hydrogen-bond acceptors (Lipinski definition) is 11. The quantitative estimate of drug-likeness (QED) is 0.0479. The first-order valence-electron chi connectivity index (χ1n) is 24.5. The molecular formula is C50H83N2O11P. The normalized spacial score (nSPS) is 17.9. The molecule has 2 atom stereocenters. The number of nitro groups is 2. The van der Waals surface area contributed by atoms with Gasteiger partial charge in [-0.1, -0.05) is 158 Å². The Kier molecular flexibility index (Phi) is 24.3.